The van der Waals surface area contributed by atoms with Crippen molar-refractivity contribution < 1.29 is 4.74 Å². The summed E-state index contributed by atoms with van der Waals surface area (Å²) >= 11 is 1.62. The lowest BCUT2D eigenvalue weighted by atomic mass is 10.0. The van der Waals surface area contributed by atoms with Crippen LogP contribution in [0.4, 0.5) is 5.69 Å². The fourth-order valence-electron chi connectivity index (χ4n) is 1.59. The number of benzene rings is 1. The van der Waals surface area contributed by atoms with Gasteiger partial charge in [0.25, 0.3) is 0 Å². The number of rotatable bonds is 2. The van der Waals surface area contributed by atoms with Crippen molar-refractivity contribution in [1.29, 1.82) is 0 Å². The van der Waals surface area contributed by atoms with Gasteiger partial charge in [0.2, 0.25) is 0 Å². The first-order valence-electron chi connectivity index (χ1n) is 4.69. The minimum absolute atomic E-state index is 0.838. The van der Waals surface area contributed by atoms with Gasteiger partial charge in [0.05, 0.1) is 12.8 Å². The van der Waals surface area contributed by atoms with Crippen molar-refractivity contribution in [3.63, 3.8) is 0 Å². The highest BCUT2D eigenvalue weighted by Gasteiger charge is 2.05. The van der Waals surface area contributed by atoms with Crippen molar-refractivity contribution in [2.75, 3.05) is 12.8 Å². The third-order valence-corrected chi connectivity index (χ3v) is 3.16. The summed E-state index contributed by atoms with van der Waals surface area (Å²) in [4.78, 5) is 0. The summed E-state index contributed by atoms with van der Waals surface area (Å²) in [5.41, 5.74) is 10.1. The molecular formula is C12H13NOS. The van der Waals surface area contributed by atoms with Gasteiger partial charge in [0.15, 0.2) is 0 Å². The molecule has 3 heteroatoms. The van der Waals surface area contributed by atoms with Gasteiger partial charge >= 0.3 is 0 Å². The molecule has 0 atom stereocenters. The summed E-state index contributed by atoms with van der Waals surface area (Å²) in [5, 5.41) is 4.02. The van der Waals surface area contributed by atoms with E-state index in [0.717, 1.165) is 28.1 Å². The largest absolute Gasteiger partial charge is 0.496 e. The maximum Gasteiger partial charge on any atom is 0.121 e. The van der Waals surface area contributed by atoms with Gasteiger partial charge in [-0.3, -0.25) is 0 Å². The number of nitrogens with two attached hydrogens (primary N) is 1. The highest BCUT2D eigenvalue weighted by Crippen LogP contribution is 2.32. The van der Waals surface area contributed by atoms with Crippen LogP contribution in [0.2, 0.25) is 0 Å². The molecule has 2 N–H and O–H groups in total. The molecule has 2 aromatic rings. The number of thiophene rings is 1. The summed E-state index contributed by atoms with van der Waals surface area (Å²) in [7, 11) is 1.68. The fraction of sp³-hybridized carbons (Fsp3) is 0.167. The molecule has 0 aliphatic heterocycles. The quantitative estimate of drug-likeness (QED) is 0.841. The van der Waals surface area contributed by atoms with Crippen molar-refractivity contribution in [2.24, 2.45) is 0 Å². The van der Waals surface area contributed by atoms with Crippen LogP contribution >= 0.6 is 11.3 Å². The average molecular weight is 219 g/mol. The van der Waals surface area contributed by atoms with E-state index in [1.807, 2.05) is 24.4 Å². The lowest BCUT2D eigenvalue weighted by molar-refractivity contribution is 0.412. The number of nitrogen functional groups attached to an aromatic ring is 1. The van der Waals surface area contributed by atoms with Crippen LogP contribution in [0.25, 0.3) is 11.1 Å². The number of ether oxygens (including phenoxy) is 1. The smallest absolute Gasteiger partial charge is 0.121 e. The molecule has 2 rings (SSSR count). The molecule has 0 aliphatic carbocycles. The van der Waals surface area contributed by atoms with E-state index in [4.69, 9.17) is 10.5 Å². The maximum absolute atomic E-state index is 5.87. The van der Waals surface area contributed by atoms with Crippen LogP contribution in [0.1, 0.15) is 5.56 Å². The van der Waals surface area contributed by atoms with Gasteiger partial charge in [-0.05, 0) is 30.2 Å². The van der Waals surface area contributed by atoms with Crippen molar-refractivity contribution >= 4 is 17.0 Å². The van der Waals surface area contributed by atoms with E-state index in [9.17, 15) is 0 Å². The molecule has 0 aliphatic rings. The Balaban J connectivity index is 2.47. The Morgan fingerprint density at radius 2 is 2.07 bits per heavy atom. The molecule has 0 fully saturated rings. The third kappa shape index (κ3) is 1.83. The van der Waals surface area contributed by atoms with Crippen molar-refractivity contribution in [1.82, 2.24) is 0 Å². The predicted molar refractivity (Wildman–Crippen MR) is 65.5 cm³/mol. The molecule has 0 bridgehead atoms. The molecule has 0 unspecified atom stereocenters. The van der Waals surface area contributed by atoms with Crippen molar-refractivity contribution in [2.45, 2.75) is 6.92 Å². The van der Waals surface area contributed by atoms with Gasteiger partial charge in [0.1, 0.15) is 5.75 Å². The molecule has 2 nitrogen and oxygen atoms in total. The first-order valence-corrected chi connectivity index (χ1v) is 5.63. The SMILES string of the molecule is COc1ccc(-c2cscc2N)cc1C. The number of hydrogen-bond donors (Lipinski definition) is 1. The van der Waals surface area contributed by atoms with E-state index in [1.54, 1.807) is 18.4 Å². The van der Waals surface area contributed by atoms with Gasteiger partial charge in [-0.15, -0.1) is 11.3 Å². The van der Waals surface area contributed by atoms with Crippen LogP contribution in [-0.4, -0.2) is 7.11 Å². The molecular weight excluding hydrogens is 206 g/mol. The van der Waals surface area contributed by atoms with Crippen molar-refractivity contribution in [3.05, 3.63) is 34.5 Å². The number of aryl methyl sites for hydroxylation is 1. The molecule has 0 radical (unpaired) electrons. The zero-order chi connectivity index (χ0) is 10.8. The summed E-state index contributed by atoms with van der Waals surface area (Å²) in [5.74, 6) is 0.910. The maximum atomic E-state index is 5.87. The monoisotopic (exact) mass is 219 g/mol. The summed E-state index contributed by atoms with van der Waals surface area (Å²) < 4.78 is 5.22. The minimum Gasteiger partial charge on any atom is -0.496 e. The zero-order valence-corrected chi connectivity index (χ0v) is 9.60. The third-order valence-electron chi connectivity index (χ3n) is 2.40. The van der Waals surface area contributed by atoms with Gasteiger partial charge in [-0.25, -0.2) is 0 Å². The van der Waals surface area contributed by atoms with Crippen LogP contribution < -0.4 is 10.5 Å². The summed E-state index contributed by atoms with van der Waals surface area (Å²) in [6.45, 7) is 2.03. The van der Waals surface area contributed by atoms with Gasteiger partial charge in [0, 0.05) is 16.3 Å². The summed E-state index contributed by atoms with van der Waals surface area (Å²) in [6, 6.07) is 6.10. The number of hydrogen-bond acceptors (Lipinski definition) is 3. The van der Waals surface area contributed by atoms with E-state index >= 15 is 0 Å². The molecule has 0 amide bonds. The molecule has 0 saturated carbocycles. The Bertz CT molecular complexity index is 476. The molecule has 0 spiro atoms. The second kappa shape index (κ2) is 3.95. The number of methoxy groups -OCH3 is 1. The average Bonchev–Trinajstić information content (AvgIpc) is 2.64. The van der Waals surface area contributed by atoms with E-state index in [-0.39, 0.29) is 0 Å². The van der Waals surface area contributed by atoms with Crippen LogP contribution in [0.15, 0.2) is 29.0 Å². The highest BCUT2D eigenvalue weighted by atomic mass is 32.1. The Labute approximate surface area is 93.3 Å². The normalized spacial score (nSPS) is 10.3. The Hall–Kier alpha value is -1.48. The Morgan fingerprint density at radius 1 is 1.27 bits per heavy atom. The predicted octanol–water partition coefficient (Wildman–Crippen LogP) is 3.31. The standard InChI is InChI=1S/C12H13NOS/c1-8-5-9(3-4-12(8)14-2)10-6-15-7-11(10)13/h3-7H,13H2,1-2H3. The van der Waals surface area contributed by atoms with E-state index < -0.39 is 0 Å². The topological polar surface area (TPSA) is 35.2 Å². The van der Waals surface area contributed by atoms with Crippen molar-refractivity contribution in [3.8, 4) is 16.9 Å². The van der Waals surface area contributed by atoms with Crippen LogP contribution in [-0.2, 0) is 0 Å². The lowest BCUT2D eigenvalue weighted by Crippen LogP contribution is -1.89. The van der Waals surface area contributed by atoms with E-state index in [2.05, 4.69) is 11.4 Å². The van der Waals surface area contributed by atoms with E-state index in [0.29, 0.717) is 0 Å². The Kier molecular flexibility index (Phi) is 2.64. The molecule has 1 aromatic heterocycles. The molecule has 1 heterocycles. The van der Waals surface area contributed by atoms with E-state index in [1.165, 1.54) is 0 Å². The number of anilines is 1. The molecule has 15 heavy (non-hydrogen) atoms. The minimum atomic E-state index is 0.838. The van der Waals surface area contributed by atoms with Crippen LogP contribution in [0.3, 0.4) is 0 Å². The second-order valence-corrected chi connectivity index (χ2v) is 4.17. The highest BCUT2D eigenvalue weighted by molar-refractivity contribution is 7.08. The van der Waals surface area contributed by atoms with Gasteiger partial charge in [-0.1, -0.05) is 6.07 Å². The van der Waals surface area contributed by atoms with Crippen LogP contribution in [0.5, 0.6) is 5.75 Å². The molecule has 78 valence electrons. The second-order valence-electron chi connectivity index (χ2n) is 3.43. The fourth-order valence-corrected chi connectivity index (χ4v) is 2.34. The van der Waals surface area contributed by atoms with Crippen LogP contribution in [0, 0.1) is 6.92 Å². The van der Waals surface area contributed by atoms with Gasteiger partial charge < -0.3 is 10.5 Å². The molecule has 0 saturated heterocycles. The zero-order valence-electron chi connectivity index (χ0n) is 8.78. The first-order chi connectivity index (χ1) is 7.22. The molecule has 1 aromatic carbocycles. The summed E-state index contributed by atoms with van der Waals surface area (Å²) in [6.07, 6.45) is 0. The first kappa shape index (κ1) is 10.1. The van der Waals surface area contributed by atoms with Gasteiger partial charge in [-0.2, -0.15) is 0 Å². The lowest BCUT2D eigenvalue weighted by Gasteiger charge is -2.06. The Morgan fingerprint density at radius 3 is 2.60 bits per heavy atom.